The number of amides is 1. The van der Waals surface area contributed by atoms with Gasteiger partial charge in [-0.15, -0.1) is 0 Å². The van der Waals surface area contributed by atoms with E-state index in [1.807, 2.05) is 12.1 Å². The summed E-state index contributed by atoms with van der Waals surface area (Å²) in [6.07, 6.45) is 4.16. The van der Waals surface area contributed by atoms with Gasteiger partial charge in [-0.1, -0.05) is 18.2 Å². The number of nitrogens with zero attached hydrogens (tertiary/aromatic N) is 3. The maximum Gasteiger partial charge on any atom is 0.242 e. The largest absolute Gasteiger partial charge is 0.354 e. The summed E-state index contributed by atoms with van der Waals surface area (Å²) in [6, 6.07) is 9.88. The SMILES string of the molecule is CN1CCN(C(C(=O)NCCc2ccc(F)cc2)c2cccnc2)CC1. The Bertz CT molecular complexity index is 700. The molecular weight excluding hydrogens is 331 g/mol. The highest BCUT2D eigenvalue weighted by Gasteiger charge is 2.29. The molecule has 0 radical (unpaired) electrons. The van der Waals surface area contributed by atoms with E-state index in [1.54, 1.807) is 24.5 Å². The lowest BCUT2D eigenvalue weighted by Gasteiger charge is -2.37. The first-order valence-electron chi connectivity index (χ1n) is 8.98. The Morgan fingerprint density at radius 2 is 1.92 bits per heavy atom. The summed E-state index contributed by atoms with van der Waals surface area (Å²) in [5.41, 5.74) is 1.92. The molecule has 26 heavy (non-hydrogen) atoms. The van der Waals surface area contributed by atoms with Gasteiger partial charge in [0.2, 0.25) is 5.91 Å². The molecule has 2 heterocycles. The molecule has 2 aromatic rings. The average Bonchev–Trinajstić information content (AvgIpc) is 2.66. The fraction of sp³-hybridized carbons (Fsp3) is 0.400. The third kappa shape index (κ3) is 4.86. The topological polar surface area (TPSA) is 48.5 Å². The lowest BCUT2D eigenvalue weighted by atomic mass is 10.1. The molecule has 0 bridgehead atoms. The Labute approximate surface area is 153 Å². The number of rotatable bonds is 6. The number of likely N-dealkylation sites (N-methyl/N-ethyl adjacent to an activating group) is 1. The number of hydrogen-bond acceptors (Lipinski definition) is 4. The predicted octanol–water partition coefficient (Wildman–Crippen LogP) is 1.87. The van der Waals surface area contributed by atoms with E-state index in [9.17, 15) is 9.18 Å². The molecule has 0 spiro atoms. The van der Waals surface area contributed by atoms with E-state index >= 15 is 0 Å². The number of carbonyl (C=O) groups excluding carboxylic acids is 1. The third-order valence-electron chi connectivity index (χ3n) is 4.78. The van der Waals surface area contributed by atoms with Gasteiger partial charge in [0.25, 0.3) is 0 Å². The second kappa shape index (κ2) is 8.87. The molecular formula is C20H25FN4O. The highest BCUT2D eigenvalue weighted by molar-refractivity contribution is 5.83. The molecule has 3 rings (SSSR count). The molecule has 1 aliphatic rings. The maximum atomic E-state index is 13.0. The molecule has 1 aliphatic heterocycles. The van der Waals surface area contributed by atoms with Crippen LogP contribution in [0.4, 0.5) is 4.39 Å². The van der Waals surface area contributed by atoms with E-state index in [-0.39, 0.29) is 17.8 Å². The van der Waals surface area contributed by atoms with Crippen molar-refractivity contribution in [2.24, 2.45) is 0 Å². The number of pyridine rings is 1. The molecule has 0 aliphatic carbocycles. The number of piperazine rings is 1. The smallest absolute Gasteiger partial charge is 0.242 e. The number of nitrogens with one attached hydrogen (secondary N) is 1. The lowest BCUT2D eigenvalue weighted by molar-refractivity contribution is -0.127. The van der Waals surface area contributed by atoms with Gasteiger partial charge in [-0.05, 0) is 42.8 Å². The van der Waals surface area contributed by atoms with E-state index < -0.39 is 0 Å². The minimum atomic E-state index is -0.328. The van der Waals surface area contributed by atoms with Crippen molar-refractivity contribution < 1.29 is 9.18 Å². The van der Waals surface area contributed by atoms with E-state index in [0.717, 1.165) is 37.3 Å². The molecule has 1 fully saturated rings. The Morgan fingerprint density at radius 3 is 2.58 bits per heavy atom. The van der Waals surface area contributed by atoms with E-state index in [0.29, 0.717) is 13.0 Å². The monoisotopic (exact) mass is 356 g/mol. The van der Waals surface area contributed by atoms with Crippen molar-refractivity contribution in [2.45, 2.75) is 12.5 Å². The van der Waals surface area contributed by atoms with Gasteiger partial charge in [0.05, 0.1) is 0 Å². The first kappa shape index (κ1) is 18.5. The van der Waals surface area contributed by atoms with Crippen LogP contribution in [-0.4, -0.2) is 60.5 Å². The minimum absolute atomic E-state index is 0.00957. The quantitative estimate of drug-likeness (QED) is 0.858. The van der Waals surface area contributed by atoms with Crippen molar-refractivity contribution in [3.05, 3.63) is 65.7 Å². The van der Waals surface area contributed by atoms with Crippen molar-refractivity contribution in [1.82, 2.24) is 20.1 Å². The van der Waals surface area contributed by atoms with E-state index in [2.05, 4.69) is 27.1 Å². The van der Waals surface area contributed by atoms with Gasteiger partial charge in [-0.2, -0.15) is 0 Å². The van der Waals surface area contributed by atoms with Gasteiger partial charge < -0.3 is 10.2 Å². The Hall–Kier alpha value is -2.31. The highest BCUT2D eigenvalue weighted by Crippen LogP contribution is 2.21. The maximum absolute atomic E-state index is 13.0. The predicted molar refractivity (Wildman–Crippen MR) is 99.2 cm³/mol. The second-order valence-electron chi connectivity index (χ2n) is 6.70. The molecule has 138 valence electrons. The van der Waals surface area contributed by atoms with Gasteiger partial charge in [0, 0.05) is 45.1 Å². The molecule has 1 atom stereocenters. The van der Waals surface area contributed by atoms with Crippen LogP contribution in [0.3, 0.4) is 0 Å². The molecule has 1 aromatic heterocycles. The van der Waals surface area contributed by atoms with Crippen LogP contribution in [-0.2, 0) is 11.2 Å². The Morgan fingerprint density at radius 1 is 1.19 bits per heavy atom. The summed E-state index contributed by atoms with van der Waals surface area (Å²) in [7, 11) is 2.10. The standard InChI is InChI=1S/C20H25FN4O/c1-24-11-13-25(14-12-24)19(17-3-2-9-22-15-17)20(26)23-10-8-16-4-6-18(21)7-5-16/h2-7,9,15,19H,8,10-14H2,1H3,(H,23,26). The van der Waals surface area contributed by atoms with Gasteiger partial charge in [0.1, 0.15) is 11.9 Å². The summed E-state index contributed by atoms with van der Waals surface area (Å²) < 4.78 is 13.0. The number of carbonyl (C=O) groups is 1. The number of halogens is 1. The van der Waals surface area contributed by atoms with Crippen LogP contribution in [0.2, 0.25) is 0 Å². The molecule has 6 heteroatoms. The molecule has 1 N–H and O–H groups in total. The van der Waals surface area contributed by atoms with E-state index in [4.69, 9.17) is 0 Å². The zero-order chi connectivity index (χ0) is 18.4. The first-order chi connectivity index (χ1) is 12.6. The molecule has 1 aromatic carbocycles. The number of aromatic nitrogens is 1. The zero-order valence-electron chi connectivity index (χ0n) is 15.1. The van der Waals surface area contributed by atoms with E-state index in [1.165, 1.54) is 12.1 Å². The van der Waals surface area contributed by atoms with Crippen molar-refractivity contribution in [3.63, 3.8) is 0 Å². The van der Waals surface area contributed by atoms with Gasteiger partial charge in [-0.3, -0.25) is 14.7 Å². The van der Waals surface area contributed by atoms with Gasteiger partial charge in [0.15, 0.2) is 0 Å². The summed E-state index contributed by atoms with van der Waals surface area (Å²) in [6.45, 7) is 4.11. The van der Waals surface area contributed by atoms with Crippen LogP contribution < -0.4 is 5.32 Å². The summed E-state index contributed by atoms with van der Waals surface area (Å²) in [5.74, 6) is -0.255. The fourth-order valence-corrected chi connectivity index (χ4v) is 3.22. The van der Waals surface area contributed by atoms with Gasteiger partial charge in [-0.25, -0.2) is 4.39 Å². The summed E-state index contributed by atoms with van der Waals surface area (Å²) in [4.78, 5) is 21.6. The van der Waals surface area contributed by atoms with Crippen molar-refractivity contribution in [1.29, 1.82) is 0 Å². The van der Waals surface area contributed by atoms with Crippen LogP contribution in [0.5, 0.6) is 0 Å². The highest BCUT2D eigenvalue weighted by atomic mass is 19.1. The lowest BCUT2D eigenvalue weighted by Crippen LogP contribution is -2.50. The Balaban J connectivity index is 1.63. The van der Waals surface area contributed by atoms with Crippen LogP contribution in [0.15, 0.2) is 48.8 Å². The normalized spacial score (nSPS) is 17.0. The van der Waals surface area contributed by atoms with Crippen LogP contribution in [0, 0.1) is 5.82 Å². The molecule has 0 saturated carbocycles. The van der Waals surface area contributed by atoms with Crippen LogP contribution >= 0.6 is 0 Å². The van der Waals surface area contributed by atoms with Crippen molar-refractivity contribution >= 4 is 5.91 Å². The molecule has 1 amide bonds. The summed E-state index contributed by atoms with van der Waals surface area (Å²) >= 11 is 0. The van der Waals surface area contributed by atoms with Crippen LogP contribution in [0.25, 0.3) is 0 Å². The van der Waals surface area contributed by atoms with Crippen molar-refractivity contribution in [2.75, 3.05) is 39.8 Å². The van der Waals surface area contributed by atoms with Gasteiger partial charge >= 0.3 is 0 Å². The molecule has 1 saturated heterocycles. The third-order valence-corrected chi connectivity index (χ3v) is 4.78. The fourth-order valence-electron chi connectivity index (χ4n) is 3.22. The number of hydrogen-bond donors (Lipinski definition) is 1. The Kier molecular flexibility index (Phi) is 6.30. The zero-order valence-corrected chi connectivity index (χ0v) is 15.1. The second-order valence-corrected chi connectivity index (χ2v) is 6.70. The molecule has 1 unspecified atom stereocenters. The first-order valence-corrected chi connectivity index (χ1v) is 8.98. The summed E-state index contributed by atoms with van der Waals surface area (Å²) in [5, 5.41) is 3.04. The average molecular weight is 356 g/mol. The minimum Gasteiger partial charge on any atom is -0.354 e. The van der Waals surface area contributed by atoms with Crippen molar-refractivity contribution in [3.8, 4) is 0 Å². The number of benzene rings is 1. The molecule has 5 nitrogen and oxygen atoms in total. The van der Waals surface area contributed by atoms with Crippen LogP contribution in [0.1, 0.15) is 17.2 Å².